The third kappa shape index (κ3) is 3.26. The highest BCUT2D eigenvalue weighted by atomic mass is 32.2. The van der Waals surface area contributed by atoms with Crippen molar-refractivity contribution >= 4 is 21.6 Å². The van der Waals surface area contributed by atoms with Crippen LogP contribution in [0.25, 0.3) is 0 Å². The van der Waals surface area contributed by atoms with Gasteiger partial charge in [0.1, 0.15) is 10.7 Å². The maximum atomic E-state index is 13.7. The van der Waals surface area contributed by atoms with Gasteiger partial charge in [-0.2, -0.15) is 4.31 Å². The van der Waals surface area contributed by atoms with E-state index < -0.39 is 26.7 Å². The molecule has 1 aromatic carbocycles. The van der Waals surface area contributed by atoms with Gasteiger partial charge < -0.3 is 11.1 Å². The molecule has 1 unspecified atom stereocenters. The summed E-state index contributed by atoms with van der Waals surface area (Å²) < 4.78 is 39.2. The predicted molar refractivity (Wildman–Crippen MR) is 73.9 cm³/mol. The maximum Gasteiger partial charge on any atom is 0.247 e. The summed E-state index contributed by atoms with van der Waals surface area (Å²) in [6.07, 6.45) is 0. The summed E-state index contributed by atoms with van der Waals surface area (Å²) in [5, 5.41) is 2.42. The molecule has 0 radical (unpaired) electrons. The van der Waals surface area contributed by atoms with Gasteiger partial charge in [-0.05, 0) is 12.1 Å². The maximum absolute atomic E-state index is 13.7. The molecule has 0 saturated heterocycles. The van der Waals surface area contributed by atoms with Crippen molar-refractivity contribution in [1.82, 2.24) is 9.62 Å². The van der Waals surface area contributed by atoms with Crippen molar-refractivity contribution < 1.29 is 17.6 Å². The minimum absolute atomic E-state index is 0.0736. The van der Waals surface area contributed by atoms with Crippen LogP contribution in [0.1, 0.15) is 6.92 Å². The van der Waals surface area contributed by atoms with Gasteiger partial charge in [-0.3, -0.25) is 4.79 Å². The van der Waals surface area contributed by atoms with Crippen LogP contribution in [0, 0.1) is 11.7 Å². The molecule has 1 rings (SSSR count). The second kappa shape index (κ2) is 6.19. The number of amides is 1. The summed E-state index contributed by atoms with van der Waals surface area (Å²) in [4.78, 5) is 10.8. The van der Waals surface area contributed by atoms with Crippen LogP contribution in [0.4, 0.5) is 10.1 Å². The minimum Gasteiger partial charge on any atom is -0.398 e. The second-order valence-corrected chi connectivity index (χ2v) is 6.44. The standard InChI is InChI=1S/C12H18FN3O3S/c1-8(12(17)15-2)7-16(3)20(18,19)11-9(13)5-4-6-10(11)14/h4-6,8H,7,14H2,1-3H3,(H,15,17). The lowest BCUT2D eigenvalue weighted by Gasteiger charge is -2.21. The number of nitrogens with zero attached hydrogens (tertiary/aromatic N) is 1. The average molecular weight is 303 g/mol. The summed E-state index contributed by atoms with van der Waals surface area (Å²) >= 11 is 0. The number of nitrogens with two attached hydrogens (primary N) is 1. The van der Waals surface area contributed by atoms with E-state index in [1.165, 1.54) is 26.2 Å². The van der Waals surface area contributed by atoms with Crippen molar-refractivity contribution in [2.24, 2.45) is 5.92 Å². The van der Waals surface area contributed by atoms with Crippen LogP contribution in [0.2, 0.25) is 0 Å². The molecule has 1 atom stereocenters. The van der Waals surface area contributed by atoms with Crippen LogP contribution in [0.3, 0.4) is 0 Å². The van der Waals surface area contributed by atoms with Crippen LogP contribution in [0.5, 0.6) is 0 Å². The first kappa shape index (κ1) is 16.4. The Bertz CT molecular complexity index is 584. The molecule has 0 fully saturated rings. The Hall–Kier alpha value is -1.67. The molecule has 0 aliphatic carbocycles. The molecule has 6 nitrogen and oxygen atoms in total. The Balaban J connectivity index is 3.08. The van der Waals surface area contributed by atoms with Gasteiger partial charge in [0.15, 0.2) is 0 Å². The molecular formula is C12H18FN3O3S. The van der Waals surface area contributed by atoms with Crippen LogP contribution in [-0.4, -0.2) is 39.3 Å². The highest BCUT2D eigenvalue weighted by Gasteiger charge is 2.29. The number of sulfonamides is 1. The van der Waals surface area contributed by atoms with E-state index in [2.05, 4.69) is 5.32 Å². The first-order chi connectivity index (χ1) is 9.21. The fraction of sp³-hybridized carbons (Fsp3) is 0.417. The number of hydrogen-bond donors (Lipinski definition) is 2. The van der Waals surface area contributed by atoms with Gasteiger partial charge >= 0.3 is 0 Å². The number of rotatable bonds is 5. The molecule has 1 aromatic rings. The Morgan fingerprint density at radius 3 is 2.60 bits per heavy atom. The zero-order valence-corrected chi connectivity index (χ0v) is 12.4. The highest BCUT2D eigenvalue weighted by Crippen LogP contribution is 2.25. The molecule has 0 saturated carbocycles. The Kier molecular flexibility index (Phi) is 5.07. The average Bonchev–Trinajstić information content (AvgIpc) is 2.36. The second-order valence-electron chi connectivity index (χ2n) is 4.46. The largest absolute Gasteiger partial charge is 0.398 e. The van der Waals surface area contributed by atoms with Crippen molar-refractivity contribution in [1.29, 1.82) is 0 Å². The van der Waals surface area contributed by atoms with E-state index in [1.54, 1.807) is 6.92 Å². The molecule has 0 spiro atoms. The van der Waals surface area contributed by atoms with Gasteiger partial charge in [0, 0.05) is 26.6 Å². The van der Waals surface area contributed by atoms with Crippen LogP contribution in [0.15, 0.2) is 23.1 Å². The summed E-state index contributed by atoms with van der Waals surface area (Å²) in [7, 11) is -1.34. The molecular weight excluding hydrogens is 285 g/mol. The fourth-order valence-electron chi connectivity index (χ4n) is 1.77. The van der Waals surface area contributed by atoms with Crippen LogP contribution >= 0.6 is 0 Å². The first-order valence-corrected chi connectivity index (χ1v) is 7.37. The minimum atomic E-state index is -4.08. The van der Waals surface area contributed by atoms with Gasteiger partial charge in [0.05, 0.1) is 5.69 Å². The molecule has 8 heteroatoms. The fourth-order valence-corrected chi connectivity index (χ4v) is 3.18. The topological polar surface area (TPSA) is 92.5 Å². The van der Waals surface area contributed by atoms with Crippen LogP contribution < -0.4 is 11.1 Å². The van der Waals surface area contributed by atoms with E-state index in [0.29, 0.717) is 0 Å². The number of nitrogens with one attached hydrogen (secondary N) is 1. The number of anilines is 1. The number of carbonyl (C=O) groups is 1. The lowest BCUT2D eigenvalue weighted by Crippen LogP contribution is -2.37. The molecule has 1 amide bonds. The SMILES string of the molecule is CNC(=O)C(C)CN(C)S(=O)(=O)c1c(N)cccc1F. The monoisotopic (exact) mass is 303 g/mol. The number of hydrogen-bond acceptors (Lipinski definition) is 4. The van der Waals surface area contributed by atoms with Gasteiger partial charge in [-0.1, -0.05) is 13.0 Å². The van der Waals surface area contributed by atoms with E-state index in [4.69, 9.17) is 5.73 Å². The van der Waals surface area contributed by atoms with Crippen LogP contribution in [-0.2, 0) is 14.8 Å². The predicted octanol–water partition coefficient (Wildman–Crippen LogP) is 0.411. The van der Waals surface area contributed by atoms with Crippen molar-refractivity contribution in [2.75, 3.05) is 26.4 Å². The summed E-state index contributed by atoms with van der Waals surface area (Å²) in [5.74, 6) is -1.77. The molecule has 0 aliphatic rings. The van der Waals surface area contributed by atoms with E-state index in [-0.39, 0.29) is 18.1 Å². The Labute approximate surface area is 117 Å². The summed E-state index contributed by atoms with van der Waals surface area (Å²) in [6.45, 7) is 1.51. The molecule has 0 aliphatic heterocycles. The smallest absolute Gasteiger partial charge is 0.247 e. The number of nitrogen functional groups attached to an aromatic ring is 1. The van der Waals surface area contributed by atoms with Gasteiger partial charge in [-0.25, -0.2) is 12.8 Å². The zero-order valence-electron chi connectivity index (χ0n) is 11.6. The van der Waals surface area contributed by atoms with Crippen molar-refractivity contribution in [3.8, 4) is 0 Å². The van der Waals surface area contributed by atoms with E-state index >= 15 is 0 Å². The summed E-state index contributed by atoms with van der Waals surface area (Å²) in [6, 6.07) is 3.67. The van der Waals surface area contributed by atoms with E-state index in [0.717, 1.165) is 10.4 Å². The normalized spacial score (nSPS) is 13.2. The van der Waals surface area contributed by atoms with Crippen molar-refractivity contribution in [2.45, 2.75) is 11.8 Å². The first-order valence-electron chi connectivity index (χ1n) is 5.93. The van der Waals surface area contributed by atoms with Crippen molar-refractivity contribution in [3.63, 3.8) is 0 Å². The molecule has 0 bridgehead atoms. The van der Waals surface area contributed by atoms with Gasteiger partial charge in [0.2, 0.25) is 15.9 Å². The quantitative estimate of drug-likeness (QED) is 0.771. The number of benzene rings is 1. The Morgan fingerprint density at radius 2 is 2.10 bits per heavy atom. The Morgan fingerprint density at radius 1 is 1.50 bits per heavy atom. The van der Waals surface area contributed by atoms with Gasteiger partial charge in [-0.15, -0.1) is 0 Å². The van der Waals surface area contributed by atoms with E-state index in [1.807, 2.05) is 0 Å². The van der Waals surface area contributed by atoms with E-state index in [9.17, 15) is 17.6 Å². The molecule has 112 valence electrons. The molecule has 20 heavy (non-hydrogen) atoms. The third-order valence-corrected chi connectivity index (χ3v) is 4.81. The lowest BCUT2D eigenvalue weighted by molar-refractivity contribution is -0.124. The zero-order chi connectivity index (χ0) is 15.5. The number of carbonyl (C=O) groups excluding carboxylic acids is 1. The highest BCUT2D eigenvalue weighted by molar-refractivity contribution is 7.89. The third-order valence-electron chi connectivity index (χ3n) is 2.89. The molecule has 3 N–H and O–H groups in total. The molecule has 0 heterocycles. The van der Waals surface area contributed by atoms with Gasteiger partial charge in [0.25, 0.3) is 0 Å². The summed E-state index contributed by atoms with van der Waals surface area (Å²) in [5.41, 5.74) is 5.37. The number of halogens is 1. The van der Waals surface area contributed by atoms with Crippen molar-refractivity contribution in [3.05, 3.63) is 24.0 Å². The molecule has 0 aromatic heterocycles. The lowest BCUT2D eigenvalue weighted by atomic mass is 10.2.